The lowest BCUT2D eigenvalue weighted by Gasteiger charge is -2.08. The third-order valence-electron chi connectivity index (χ3n) is 4.91. The van der Waals surface area contributed by atoms with Crippen molar-refractivity contribution in [1.29, 1.82) is 0 Å². The van der Waals surface area contributed by atoms with E-state index >= 15 is 0 Å². The molecule has 0 nitrogen and oxygen atoms in total. The molecule has 0 amide bonds. The summed E-state index contributed by atoms with van der Waals surface area (Å²) in [7, 11) is 0. The molecule has 0 aromatic heterocycles. The molecular formula is C26H36S. The van der Waals surface area contributed by atoms with Gasteiger partial charge in [0, 0.05) is 4.91 Å². The molecule has 27 heavy (non-hydrogen) atoms. The fourth-order valence-corrected chi connectivity index (χ4v) is 4.37. The summed E-state index contributed by atoms with van der Waals surface area (Å²) >= 11 is 2.01. The van der Waals surface area contributed by atoms with Gasteiger partial charge in [-0.2, -0.15) is 0 Å². The summed E-state index contributed by atoms with van der Waals surface area (Å²) in [5.74, 6) is 1.21. The topological polar surface area (TPSA) is 0 Å². The summed E-state index contributed by atoms with van der Waals surface area (Å²) in [5, 5.41) is 0. The lowest BCUT2D eigenvalue weighted by molar-refractivity contribution is 0.563. The Balaban J connectivity index is 1.68. The average Bonchev–Trinajstić information content (AvgIpc) is 2.72. The van der Waals surface area contributed by atoms with Crippen molar-refractivity contribution in [2.24, 2.45) is 0 Å². The van der Waals surface area contributed by atoms with E-state index in [-0.39, 0.29) is 0 Å². The number of rotatable bonds is 14. The smallest absolute Gasteiger partial charge is 0.0150 e. The Bertz CT molecular complexity index is 615. The molecule has 0 unspecified atom stereocenters. The van der Waals surface area contributed by atoms with Crippen LogP contribution in [-0.4, -0.2) is 5.75 Å². The van der Waals surface area contributed by atoms with Gasteiger partial charge in [-0.15, -0.1) is 11.8 Å². The van der Waals surface area contributed by atoms with Gasteiger partial charge in [0.05, 0.1) is 0 Å². The van der Waals surface area contributed by atoms with E-state index in [2.05, 4.69) is 73.7 Å². The van der Waals surface area contributed by atoms with Crippen molar-refractivity contribution in [2.75, 3.05) is 5.75 Å². The number of benzene rings is 2. The normalized spacial score (nSPS) is 11.7. The van der Waals surface area contributed by atoms with Crippen LogP contribution in [0, 0.1) is 0 Å². The van der Waals surface area contributed by atoms with Gasteiger partial charge in [0.15, 0.2) is 0 Å². The molecular weight excluding hydrogens is 344 g/mol. The van der Waals surface area contributed by atoms with E-state index in [9.17, 15) is 0 Å². The predicted molar refractivity (Wildman–Crippen MR) is 125 cm³/mol. The Kier molecular flexibility index (Phi) is 11.8. The molecule has 2 rings (SSSR count). The first kappa shape index (κ1) is 21.8. The zero-order chi connectivity index (χ0) is 19.0. The van der Waals surface area contributed by atoms with Crippen molar-refractivity contribution in [3.05, 3.63) is 71.8 Å². The van der Waals surface area contributed by atoms with E-state index in [1.165, 1.54) is 86.0 Å². The number of hydrogen-bond donors (Lipinski definition) is 0. The zero-order valence-corrected chi connectivity index (χ0v) is 17.9. The molecule has 0 saturated carbocycles. The van der Waals surface area contributed by atoms with E-state index in [0.29, 0.717) is 0 Å². The van der Waals surface area contributed by atoms with Gasteiger partial charge in [0.1, 0.15) is 0 Å². The highest BCUT2D eigenvalue weighted by atomic mass is 32.2. The minimum Gasteiger partial charge on any atom is -0.126 e. The molecule has 2 aromatic rings. The van der Waals surface area contributed by atoms with E-state index in [1.54, 1.807) is 0 Å². The summed E-state index contributed by atoms with van der Waals surface area (Å²) in [6, 6.07) is 21.5. The van der Waals surface area contributed by atoms with Crippen LogP contribution in [0.2, 0.25) is 0 Å². The third-order valence-corrected chi connectivity index (χ3v) is 6.07. The van der Waals surface area contributed by atoms with Gasteiger partial charge >= 0.3 is 0 Å². The largest absolute Gasteiger partial charge is 0.126 e. The van der Waals surface area contributed by atoms with Crippen molar-refractivity contribution < 1.29 is 0 Å². The summed E-state index contributed by atoms with van der Waals surface area (Å²) in [6.45, 7) is 2.29. The van der Waals surface area contributed by atoms with Crippen LogP contribution in [0.3, 0.4) is 0 Å². The summed E-state index contributed by atoms with van der Waals surface area (Å²) in [4.78, 5) is 1.39. The van der Waals surface area contributed by atoms with Gasteiger partial charge in [-0.3, -0.25) is 0 Å². The van der Waals surface area contributed by atoms with Crippen LogP contribution < -0.4 is 0 Å². The van der Waals surface area contributed by atoms with Crippen LogP contribution in [0.5, 0.6) is 0 Å². The second-order valence-electron chi connectivity index (χ2n) is 7.32. The number of thioether (sulfide) groups is 1. The maximum atomic E-state index is 2.33. The highest BCUT2D eigenvalue weighted by Crippen LogP contribution is 2.30. The Morgan fingerprint density at radius 3 is 1.78 bits per heavy atom. The predicted octanol–water partition coefficient (Wildman–Crippen LogP) is 8.84. The van der Waals surface area contributed by atoms with Crippen molar-refractivity contribution in [2.45, 2.75) is 71.1 Å². The molecule has 0 spiro atoms. The average molecular weight is 381 g/mol. The first-order valence-electron chi connectivity index (χ1n) is 10.8. The van der Waals surface area contributed by atoms with Gasteiger partial charge in [0.2, 0.25) is 0 Å². The van der Waals surface area contributed by atoms with E-state index < -0.39 is 0 Å². The Morgan fingerprint density at radius 2 is 1.19 bits per heavy atom. The molecule has 0 aliphatic heterocycles. The standard InChI is InChI=1S/C26H36S/c1-2-3-4-5-6-7-8-9-10-17-22-27-26(25-20-15-12-16-21-25)23-24-18-13-11-14-19-24/h11-16,18-21,23H,2-10,17,22H2,1H3/b26-23-. The van der Waals surface area contributed by atoms with Crippen LogP contribution in [0.15, 0.2) is 60.7 Å². The second kappa shape index (κ2) is 14.6. The number of unbranched alkanes of at least 4 members (excludes halogenated alkanes) is 9. The maximum absolute atomic E-state index is 2.33. The molecule has 0 saturated heterocycles. The molecule has 0 fully saturated rings. The van der Waals surface area contributed by atoms with Gasteiger partial charge in [-0.25, -0.2) is 0 Å². The Hall–Kier alpha value is -1.47. The highest BCUT2D eigenvalue weighted by molar-refractivity contribution is 8.08. The van der Waals surface area contributed by atoms with Gasteiger partial charge in [-0.05, 0) is 29.4 Å². The first-order chi connectivity index (χ1) is 13.4. The van der Waals surface area contributed by atoms with Crippen LogP contribution in [0.4, 0.5) is 0 Å². The second-order valence-corrected chi connectivity index (χ2v) is 8.45. The molecule has 0 heterocycles. The summed E-state index contributed by atoms with van der Waals surface area (Å²) in [6.07, 6.45) is 16.3. The van der Waals surface area contributed by atoms with Crippen LogP contribution in [0.1, 0.15) is 82.3 Å². The van der Waals surface area contributed by atoms with Crippen molar-refractivity contribution in [3.63, 3.8) is 0 Å². The quantitative estimate of drug-likeness (QED) is 0.233. The monoisotopic (exact) mass is 380 g/mol. The molecule has 146 valence electrons. The first-order valence-corrected chi connectivity index (χ1v) is 11.8. The lowest BCUT2D eigenvalue weighted by atomic mass is 10.1. The third kappa shape index (κ3) is 9.86. The lowest BCUT2D eigenvalue weighted by Crippen LogP contribution is -1.86. The van der Waals surface area contributed by atoms with E-state index in [0.717, 1.165) is 0 Å². The van der Waals surface area contributed by atoms with Crippen molar-refractivity contribution in [1.82, 2.24) is 0 Å². The van der Waals surface area contributed by atoms with Gasteiger partial charge in [0.25, 0.3) is 0 Å². The van der Waals surface area contributed by atoms with Gasteiger partial charge in [-0.1, -0.05) is 125 Å². The van der Waals surface area contributed by atoms with Crippen LogP contribution >= 0.6 is 11.8 Å². The minimum absolute atomic E-state index is 1.21. The summed E-state index contributed by atoms with van der Waals surface area (Å²) in [5.41, 5.74) is 2.62. The molecule has 0 aliphatic carbocycles. The Morgan fingerprint density at radius 1 is 0.667 bits per heavy atom. The minimum atomic E-state index is 1.21. The SMILES string of the molecule is CCCCCCCCCCCCS/C(=C\c1ccccc1)c1ccccc1. The fourth-order valence-electron chi connectivity index (χ4n) is 3.28. The van der Waals surface area contributed by atoms with Gasteiger partial charge < -0.3 is 0 Å². The highest BCUT2D eigenvalue weighted by Gasteiger charge is 2.03. The Labute approximate surface area is 171 Å². The molecule has 0 N–H and O–H groups in total. The summed E-state index contributed by atoms with van der Waals surface area (Å²) < 4.78 is 0. The molecule has 0 atom stereocenters. The number of hydrogen-bond acceptors (Lipinski definition) is 1. The fraction of sp³-hybridized carbons (Fsp3) is 0.462. The van der Waals surface area contributed by atoms with Crippen molar-refractivity contribution >= 4 is 22.7 Å². The van der Waals surface area contributed by atoms with Crippen LogP contribution in [-0.2, 0) is 0 Å². The zero-order valence-electron chi connectivity index (χ0n) is 17.0. The van der Waals surface area contributed by atoms with E-state index in [4.69, 9.17) is 0 Å². The van der Waals surface area contributed by atoms with Crippen LogP contribution in [0.25, 0.3) is 11.0 Å². The maximum Gasteiger partial charge on any atom is 0.0150 e. The van der Waals surface area contributed by atoms with Crippen molar-refractivity contribution in [3.8, 4) is 0 Å². The molecule has 0 bridgehead atoms. The molecule has 2 aromatic carbocycles. The van der Waals surface area contributed by atoms with E-state index in [1.807, 2.05) is 11.8 Å². The molecule has 0 aliphatic rings. The molecule has 1 heteroatoms. The molecule has 0 radical (unpaired) electrons.